The molecule has 0 aliphatic rings. The number of methoxy groups -OCH3 is 2. The number of halogens is 2. The molecule has 15 nitrogen and oxygen atoms in total. The smallest absolute Gasteiger partial charge is 0.411 e. The summed E-state index contributed by atoms with van der Waals surface area (Å²) in [5, 5.41) is 25.4. The van der Waals surface area contributed by atoms with E-state index >= 15 is 0 Å². The lowest BCUT2D eigenvalue weighted by atomic mass is 10.1. The van der Waals surface area contributed by atoms with Crippen molar-refractivity contribution in [2.24, 2.45) is 0 Å². The van der Waals surface area contributed by atoms with E-state index in [1.54, 1.807) is 49.6 Å². The molecule has 1 unspecified atom stereocenters. The molecule has 0 aliphatic heterocycles. The van der Waals surface area contributed by atoms with Gasteiger partial charge in [0.05, 0.1) is 38.2 Å². The van der Waals surface area contributed by atoms with Gasteiger partial charge in [-0.15, -0.1) is 5.10 Å². The SMILES string of the molecule is COC(=O)Nc1ccc(-c2nc(C(Cc3ccn(Cc4ccc(OC)cc4)n3)NC(=O)NCc3cc(Cl)ccc3-n3cnnn3)[nH]c2Cl)cc1. The number of aromatic nitrogens is 8. The van der Waals surface area contributed by atoms with Crippen LogP contribution in [0.25, 0.3) is 16.9 Å². The number of tetrazole rings is 1. The Balaban J connectivity index is 1.22. The summed E-state index contributed by atoms with van der Waals surface area (Å²) >= 11 is 12.9. The van der Waals surface area contributed by atoms with Gasteiger partial charge in [-0.2, -0.15) is 5.10 Å². The van der Waals surface area contributed by atoms with Gasteiger partial charge in [0.1, 0.15) is 28.7 Å². The molecule has 0 spiro atoms. The van der Waals surface area contributed by atoms with Gasteiger partial charge in [0.2, 0.25) is 0 Å². The molecule has 3 heterocycles. The molecule has 0 saturated carbocycles. The molecule has 0 radical (unpaired) electrons. The van der Waals surface area contributed by atoms with Crippen LogP contribution in [0.2, 0.25) is 10.2 Å². The van der Waals surface area contributed by atoms with Crippen LogP contribution in [0.4, 0.5) is 15.3 Å². The summed E-state index contributed by atoms with van der Waals surface area (Å²) in [6.45, 7) is 0.671. The number of hydrogen-bond donors (Lipinski definition) is 4. The van der Waals surface area contributed by atoms with Crippen molar-refractivity contribution in [2.45, 2.75) is 25.6 Å². The topological polar surface area (TPSA) is 179 Å². The second-order valence-corrected chi connectivity index (χ2v) is 11.8. The number of nitrogens with one attached hydrogen (secondary N) is 4. The zero-order valence-corrected chi connectivity index (χ0v) is 28.3. The lowest BCUT2D eigenvalue weighted by Gasteiger charge is -2.17. The first kappa shape index (κ1) is 34.0. The second kappa shape index (κ2) is 15.5. The monoisotopic (exact) mass is 715 g/mol. The van der Waals surface area contributed by atoms with E-state index in [2.05, 4.69) is 41.2 Å². The predicted molar refractivity (Wildman–Crippen MR) is 185 cm³/mol. The minimum absolute atomic E-state index is 0.126. The van der Waals surface area contributed by atoms with Crippen molar-refractivity contribution in [3.63, 3.8) is 0 Å². The van der Waals surface area contributed by atoms with Crippen molar-refractivity contribution in [3.05, 3.63) is 118 Å². The first-order valence-electron chi connectivity index (χ1n) is 15.2. The summed E-state index contributed by atoms with van der Waals surface area (Å²) in [6, 6.07) is 20.7. The highest BCUT2D eigenvalue weighted by Gasteiger charge is 2.23. The van der Waals surface area contributed by atoms with Gasteiger partial charge in [-0.3, -0.25) is 10.00 Å². The lowest BCUT2D eigenvalue weighted by molar-refractivity contribution is 0.187. The van der Waals surface area contributed by atoms with Gasteiger partial charge < -0.3 is 25.1 Å². The maximum absolute atomic E-state index is 13.4. The molecule has 1 atom stereocenters. The Kier molecular flexibility index (Phi) is 10.5. The molecule has 3 aromatic heterocycles. The van der Waals surface area contributed by atoms with Gasteiger partial charge >= 0.3 is 12.1 Å². The quantitative estimate of drug-likeness (QED) is 0.126. The molecule has 6 aromatic rings. The third kappa shape index (κ3) is 8.37. The molecule has 50 heavy (non-hydrogen) atoms. The van der Waals surface area contributed by atoms with E-state index in [0.29, 0.717) is 57.7 Å². The summed E-state index contributed by atoms with van der Waals surface area (Å²) in [5.41, 5.74) is 4.82. The fourth-order valence-electron chi connectivity index (χ4n) is 5.13. The Hall–Kier alpha value is -5.93. The van der Waals surface area contributed by atoms with E-state index < -0.39 is 18.2 Å². The number of nitrogens with zero attached hydrogens (tertiary/aromatic N) is 7. The first-order chi connectivity index (χ1) is 24.3. The number of carbonyl (C=O) groups excluding carboxylic acids is 2. The molecule has 4 N–H and O–H groups in total. The van der Waals surface area contributed by atoms with Crippen molar-refractivity contribution in [2.75, 3.05) is 19.5 Å². The number of carbonyl (C=O) groups is 2. The Bertz CT molecular complexity index is 2060. The number of rotatable bonds is 12. The summed E-state index contributed by atoms with van der Waals surface area (Å²) in [7, 11) is 2.91. The standard InChI is InChI=1S/C33H31Cl2N11O4/c1-49-26-10-3-20(4-11-26)18-45-14-13-25(42-45)16-27(31-40-29(30(35)41-31)21-5-8-24(9-6-21)38-33(48)50-2)39-32(47)36-17-22-15-23(34)7-12-28(22)46-19-37-43-44-46/h3-15,19,27H,16-18H2,1-2H3,(H,38,48)(H,40,41)(H2,36,39,47). The number of H-pyrrole nitrogens is 1. The summed E-state index contributed by atoms with van der Waals surface area (Å²) in [4.78, 5) is 32.9. The predicted octanol–water partition coefficient (Wildman–Crippen LogP) is 5.57. The Labute approximate surface area is 295 Å². The molecule has 0 saturated heterocycles. The van der Waals surface area contributed by atoms with Gasteiger partial charge in [-0.1, -0.05) is 47.5 Å². The molecule has 0 aliphatic carbocycles. The minimum Gasteiger partial charge on any atom is -0.497 e. The van der Waals surface area contributed by atoms with E-state index in [1.807, 2.05) is 41.2 Å². The number of ether oxygens (including phenoxy) is 2. The van der Waals surface area contributed by atoms with Gasteiger partial charge in [0, 0.05) is 35.4 Å². The summed E-state index contributed by atoms with van der Waals surface area (Å²) < 4.78 is 13.2. The maximum atomic E-state index is 13.4. The highest BCUT2D eigenvalue weighted by atomic mass is 35.5. The number of amides is 3. The molecular formula is C33H31Cl2N11O4. The Morgan fingerprint density at radius 2 is 1.80 bits per heavy atom. The fourth-order valence-corrected chi connectivity index (χ4v) is 5.57. The van der Waals surface area contributed by atoms with E-state index in [-0.39, 0.29) is 11.7 Å². The second-order valence-electron chi connectivity index (χ2n) is 10.9. The first-order valence-corrected chi connectivity index (χ1v) is 16.0. The summed E-state index contributed by atoms with van der Waals surface area (Å²) in [5.74, 6) is 1.19. The van der Waals surface area contributed by atoms with Crippen LogP contribution in [-0.2, 0) is 24.2 Å². The zero-order valence-electron chi connectivity index (χ0n) is 26.8. The molecule has 3 amide bonds. The van der Waals surface area contributed by atoms with Crippen LogP contribution in [0.1, 0.15) is 28.7 Å². The fraction of sp³-hybridized carbons (Fsp3) is 0.182. The molecule has 0 bridgehead atoms. The van der Waals surface area contributed by atoms with Crippen LogP contribution in [0.15, 0.2) is 85.3 Å². The highest BCUT2D eigenvalue weighted by Crippen LogP contribution is 2.29. The van der Waals surface area contributed by atoms with Crippen LogP contribution in [-0.4, -0.2) is 66.3 Å². The van der Waals surface area contributed by atoms with Crippen LogP contribution >= 0.6 is 23.2 Å². The van der Waals surface area contributed by atoms with Crippen molar-refractivity contribution < 1.29 is 19.1 Å². The number of urea groups is 1. The molecule has 6 rings (SSSR count). The van der Waals surface area contributed by atoms with Crippen LogP contribution in [0.3, 0.4) is 0 Å². The lowest BCUT2D eigenvalue weighted by Crippen LogP contribution is -2.39. The van der Waals surface area contributed by atoms with Gasteiger partial charge in [0.15, 0.2) is 0 Å². The average Bonchev–Trinajstić information content (AvgIpc) is 3.90. The highest BCUT2D eigenvalue weighted by molar-refractivity contribution is 6.32. The van der Waals surface area contributed by atoms with Crippen LogP contribution in [0.5, 0.6) is 5.75 Å². The number of benzene rings is 3. The van der Waals surface area contributed by atoms with E-state index in [0.717, 1.165) is 11.3 Å². The largest absolute Gasteiger partial charge is 0.497 e. The van der Waals surface area contributed by atoms with E-state index in [4.69, 9.17) is 38.0 Å². The Morgan fingerprint density at radius 3 is 2.52 bits per heavy atom. The molecule has 17 heteroatoms. The summed E-state index contributed by atoms with van der Waals surface area (Å²) in [6.07, 6.45) is 3.04. The van der Waals surface area contributed by atoms with Crippen molar-refractivity contribution in [3.8, 4) is 22.7 Å². The molecule has 3 aromatic carbocycles. The van der Waals surface area contributed by atoms with Crippen molar-refractivity contribution >= 4 is 41.0 Å². The third-order valence-electron chi connectivity index (χ3n) is 7.59. The average molecular weight is 717 g/mol. The number of aromatic amines is 1. The molecule has 256 valence electrons. The van der Waals surface area contributed by atoms with Gasteiger partial charge in [-0.25, -0.2) is 19.3 Å². The normalized spacial score (nSPS) is 11.5. The van der Waals surface area contributed by atoms with Gasteiger partial charge in [-0.05, 0) is 70.1 Å². The van der Waals surface area contributed by atoms with Crippen molar-refractivity contribution in [1.29, 1.82) is 0 Å². The number of hydrogen-bond acceptors (Lipinski definition) is 9. The molecule has 0 fully saturated rings. The third-order valence-corrected chi connectivity index (χ3v) is 8.10. The number of imidazole rings is 1. The van der Waals surface area contributed by atoms with E-state index in [1.165, 1.54) is 18.1 Å². The Morgan fingerprint density at radius 1 is 1.00 bits per heavy atom. The zero-order chi connectivity index (χ0) is 35.0. The van der Waals surface area contributed by atoms with Crippen LogP contribution in [0, 0.1) is 0 Å². The molecular weight excluding hydrogens is 685 g/mol. The van der Waals surface area contributed by atoms with Crippen LogP contribution < -0.4 is 20.7 Å². The van der Waals surface area contributed by atoms with Crippen molar-refractivity contribution in [1.82, 2.24) is 50.6 Å². The minimum atomic E-state index is -0.663. The number of anilines is 1. The maximum Gasteiger partial charge on any atom is 0.411 e. The van der Waals surface area contributed by atoms with Gasteiger partial charge in [0.25, 0.3) is 0 Å². The van der Waals surface area contributed by atoms with E-state index in [9.17, 15) is 9.59 Å².